The standard InChI is InChI=1S/C30H33N3O2/c1-30(2,3)35-29(34)33-19-18-32-17-16-24-20-25(14-15-26(24)27(32)21-33)31-28(22-10-6-4-7-11-22)23-12-8-5-9-13-23/h4-15,20,27H,16-19,21H2,1-3H3/t27-/m0/s1. The molecule has 0 spiro atoms. The van der Waals surface area contributed by atoms with Crippen molar-refractivity contribution in [1.29, 1.82) is 0 Å². The third kappa shape index (κ3) is 5.30. The quantitative estimate of drug-likeness (QED) is 0.444. The molecule has 180 valence electrons. The molecule has 1 atom stereocenters. The third-order valence-corrected chi connectivity index (χ3v) is 6.63. The first-order valence-electron chi connectivity index (χ1n) is 12.4. The molecule has 5 nitrogen and oxygen atoms in total. The van der Waals surface area contributed by atoms with E-state index in [1.54, 1.807) is 0 Å². The fourth-order valence-electron chi connectivity index (χ4n) is 4.96. The second-order valence-corrected chi connectivity index (χ2v) is 10.3. The zero-order valence-corrected chi connectivity index (χ0v) is 20.8. The number of carbonyl (C=O) groups excluding carboxylic acids is 1. The number of benzene rings is 3. The zero-order valence-electron chi connectivity index (χ0n) is 20.8. The van der Waals surface area contributed by atoms with Crippen LogP contribution in [0.4, 0.5) is 10.5 Å². The van der Waals surface area contributed by atoms with Crippen LogP contribution >= 0.6 is 0 Å². The molecule has 5 heteroatoms. The Morgan fingerprint density at radius 2 is 1.54 bits per heavy atom. The van der Waals surface area contributed by atoms with Gasteiger partial charge in [-0.3, -0.25) is 4.90 Å². The molecule has 2 aliphatic rings. The summed E-state index contributed by atoms with van der Waals surface area (Å²) in [5.74, 6) is 0. The minimum absolute atomic E-state index is 0.195. The average molecular weight is 468 g/mol. The minimum Gasteiger partial charge on any atom is -0.444 e. The molecule has 2 heterocycles. The fraction of sp³-hybridized carbons (Fsp3) is 0.333. The zero-order chi connectivity index (χ0) is 24.4. The Hall–Kier alpha value is -3.44. The van der Waals surface area contributed by atoms with Crippen LogP contribution in [0.1, 0.15) is 49.1 Å². The molecule has 0 saturated carbocycles. The van der Waals surface area contributed by atoms with E-state index in [9.17, 15) is 4.79 Å². The molecule has 0 radical (unpaired) electrons. The summed E-state index contributed by atoms with van der Waals surface area (Å²) in [5, 5.41) is 0. The normalized spacial score (nSPS) is 17.8. The lowest BCUT2D eigenvalue weighted by Gasteiger charge is -2.44. The van der Waals surface area contributed by atoms with E-state index < -0.39 is 5.60 Å². The van der Waals surface area contributed by atoms with Gasteiger partial charge >= 0.3 is 6.09 Å². The van der Waals surface area contributed by atoms with Gasteiger partial charge in [-0.2, -0.15) is 0 Å². The second kappa shape index (κ2) is 9.67. The summed E-state index contributed by atoms with van der Waals surface area (Å²) in [5.41, 5.74) is 6.26. The van der Waals surface area contributed by atoms with Crippen molar-refractivity contribution in [1.82, 2.24) is 9.80 Å². The Labute approximate surface area is 208 Å². The van der Waals surface area contributed by atoms with E-state index >= 15 is 0 Å². The molecule has 0 N–H and O–H groups in total. The molecule has 1 saturated heterocycles. The number of rotatable bonds is 3. The highest BCUT2D eigenvalue weighted by Crippen LogP contribution is 2.35. The molecule has 0 aromatic heterocycles. The Balaban J connectivity index is 1.44. The van der Waals surface area contributed by atoms with Crippen molar-refractivity contribution in [2.24, 2.45) is 4.99 Å². The van der Waals surface area contributed by atoms with Gasteiger partial charge in [-0.15, -0.1) is 0 Å². The minimum atomic E-state index is -0.485. The number of nitrogens with zero attached hydrogens (tertiary/aromatic N) is 3. The van der Waals surface area contributed by atoms with E-state index in [0.717, 1.165) is 42.0 Å². The molecule has 35 heavy (non-hydrogen) atoms. The van der Waals surface area contributed by atoms with Crippen molar-refractivity contribution < 1.29 is 9.53 Å². The predicted octanol–water partition coefficient (Wildman–Crippen LogP) is 6.01. The van der Waals surface area contributed by atoms with Crippen LogP contribution in [0.2, 0.25) is 0 Å². The number of aliphatic imine (C=N–C) groups is 1. The van der Waals surface area contributed by atoms with E-state index in [4.69, 9.17) is 9.73 Å². The topological polar surface area (TPSA) is 45.1 Å². The maximum atomic E-state index is 12.7. The summed E-state index contributed by atoms with van der Waals surface area (Å²) >= 11 is 0. The summed E-state index contributed by atoms with van der Waals surface area (Å²) in [4.78, 5) is 22.2. The molecular weight excluding hydrogens is 434 g/mol. The molecule has 3 aromatic carbocycles. The Bertz CT molecular complexity index is 1170. The van der Waals surface area contributed by atoms with Gasteiger partial charge in [-0.25, -0.2) is 9.79 Å². The van der Waals surface area contributed by atoms with Crippen LogP contribution in [0.5, 0.6) is 0 Å². The van der Waals surface area contributed by atoms with Gasteiger partial charge < -0.3 is 9.64 Å². The molecular formula is C30H33N3O2. The molecule has 1 fully saturated rings. The number of ether oxygens (including phenoxy) is 1. The highest BCUT2D eigenvalue weighted by atomic mass is 16.6. The van der Waals surface area contributed by atoms with E-state index in [2.05, 4.69) is 71.6 Å². The molecule has 0 unspecified atom stereocenters. The number of carbonyl (C=O) groups is 1. The van der Waals surface area contributed by atoms with Crippen LogP contribution in [0, 0.1) is 0 Å². The number of hydrogen-bond donors (Lipinski definition) is 0. The first-order valence-corrected chi connectivity index (χ1v) is 12.4. The van der Waals surface area contributed by atoms with E-state index in [-0.39, 0.29) is 12.1 Å². The van der Waals surface area contributed by atoms with Crippen LogP contribution in [0.25, 0.3) is 0 Å². The van der Waals surface area contributed by atoms with Crippen molar-refractivity contribution in [2.45, 2.75) is 38.8 Å². The Kier molecular flexibility index (Phi) is 6.44. The van der Waals surface area contributed by atoms with Crippen molar-refractivity contribution in [3.63, 3.8) is 0 Å². The van der Waals surface area contributed by atoms with Crippen LogP contribution in [-0.4, -0.2) is 53.4 Å². The lowest BCUT2D eigenvalue weighted by atomic mass is 9.90. The van der Waals surface area contributed by atoms with Crippen molar-refractivity contribution in [3.8, 4) is 0 Å². The third-order valence-electron chi connectivity index (χ3n) is 6.63. The van der Waals surface area contributed by atoms with Crippen molar-refractivity contribution >= 4 is 17.5 Å². The SMILES string of the molecule is CC(C)(C)OC(=O)N1CCN2CCc3cc(N=C(c4ccccc4)c4ccccc4)ccc3[C@@H]2C1. The lowest BCUT2D eigenvalue weighted by molar-refractivity contribution is 0.00194. The largest absolute Gasteiger partial charge is 0.444 e. The number of amides is 1. The molecule has 2 aliphatic heterocycles. The maximum Gasteiger partial charge on any atom is 0.410 e. The number of hydrogen-bond acceptors (Lipinski definition) is 4. The van der Waals surface area contributed by atoms with Gasteiger partial charge in [-0.05, 0) is 50.5 Å². The molecule has 0 bridgehead atoms. The molecule has 5 rings (SSSR count). The summed E-state index contributed by atoms with van der Waals surface area (Å²) in [7, 11) is 0. The average Bonchev–Trinajstić information content (AvgIpc) is 2.86. The van der Waals surface area contributed by atoms with Crippen LogP contribution < -0.4 is 0 Å². The van der Waals surface area contributed by atoms with Gasteiger partial charge in [0.1, 0.15) is 5.60 Å². The molecule has 3 aromatic rings. The number of fused-ring (bicyclic) bond motifs is 3. The summed E-state index contributed by atoms with van der Waals surface area (Å²) in [6.07, 6.45) is 0.772. The van der Waals surface area contributed by atoms with Crippen LogP contribution in [-0.2, 0) is 11.2 Å². The van der Waals surface area contributed by atoms with E-state index in [0.29, 0.717) is 13.1 Å². The van der Waals surface area contributed by atoms with Crippen LogP contribution in [0.3, 0.4) is 0 Å². The highest BCUT2D eigenvalue weighted by Gasteiger charge is 2.35. The predicted molar refractivity (Wildman–Crippen MR) is 140 cm³/mol. The monoisotopic (exact) mass is 467 g/mol. The van der Waals surface area contributed by atoms with Gasteiger partial charge in [0.2, 0.25) is 0 Å². The Morgan fingerprint density at radius 1 is 0.886 bits per heavy atom. The highest BCUT2D eigenvalue weighted by molar-refractivity contribution is 6.13. The van der Waals surface area contributed by atoms with Gasteiger partial charge in [0, 0.05) is 37.3 Å². The van der Waals surface area contributed by atoms with Gasteiger partial charge in [0.15, 0.2) is 0 Å². The smallest absolute Gasteiger partial charge is 0.410 e. The number of piperazine rings is 1. The maximum absolute atomic E-state index is 12.7. The van der Waals surface area contributed by atoms with E-state index in [1.807, 2.05) is 37.8 Å². The van der Waals surface area contributed by atoms with E-state index in [1.165, 1.54) is 11.1 Å². The first-order chi connectivity index (χ1) is 16.9. The first kappa shape index (κ1) is 23.3. The van der Waals surface area contributed by atoms with Crippen molar-refractivity contribution in [3.05, 3.63) is 101 Å². The lowest BCUT2D eigenvalue weighted by Crippen LogP contribution is -2.53. The van der Waals surface area contributed by atoms with Gasteiger partial charge in [0.05, 0.1) is 17.4 Å². The summed E-state index contributed by atoms with van der Waals surface area (Å²) < 4.78 is 5.64. The molecule has 0 aliphatic carbocycles. The van der Waals surface area contributed by atoms with Gasteiger partial charge in [0.25, 0.3) is 0 Å². The molecule has 1 amide bonds. The Morgan fingerprint density at radius 3 is 2.17 bits per heavy atom. The summed E-state index contributed by atoms with van der Waals surface area (Å²) in [6, 6.07) is 27.4. The van der Waals surface area contributed by atoms with Crippen LogP contribution in [0.15, 0.2) is 83.9 Å². The van der Waals surface area contributed by atoms with Crippen molar-refractivity contribution in [2.75, 3.05) is 26.2 Å². The summed E-state index contributed by atoms with van der Waals surface area (Å²) in [6.45, 7) is 8.98. The second-order valence-electron chi connectivity index (χ2n) is 10.3. The fourth-order valence-corrected chi connectivity index (χ4v) is 4.96. The van der Waals surface area contributed by atoms with Gasteiger partial charge in [-0.1, -0.05) is 66.7 Å².